The third kappa shape index (κ3) is 13.2. The van der Waals surface area contributed by atoms with Crippen LogP contribution in [0.15, 0.2) is 78.9 Å². The Balaban J connectivity index is -0.000000130. The summed E-state index contributed by atoms with van der Waals surface area (Å²) in [6, 6.07) is 21.9. The second-order valence-electron chi connectivity index (χ2n) is 4.96. The van der Waals surface area contributed by atoms with Gasteiger partial charge >= 0.3 is 17.4 Å². The standard InChI is InChI=1S/C14H16PSi.C5H5.4CH3.ClH.Cr/c1-16(2)15(13-9-5-3-6-10-13)14-11-7-4-8-12-14;1-2-4-5-3-1;;;;;;/h3-12H,1-2H3;1-3H,4H2;4*1H3;1H;/q;5*-1;;+5. The van der Waals surface area contributed by atoms with Gasteiger partial charge in [0.2, 0.25) is 0 Å². The molecule has 1 aliphatic carbocycles. The van der Waals surface area contributed by atoms with Crippen LogP contribution in [0.1, 0.15) is 6.42 Å². The Bertz CT molecular complexity index is 536. The molecule has 0 saturated heterocycles. The third-order valence-corrected chi connectivity index (χ3v) is 9.82. The van der Waals surface area contributed by atoms with Crippen molar-refractivity contribution in [2.45, 2.75) is 19.5 Å². The molecule has 0 fully saturated rings. The summed E-state index contributed by atoms with van der Waals surface area (Å²) in [4.78, 5) is 0. The maximum Gasteiger partial charge on any atom is 5.00 e. The third-order valence-electron chi connectivity index (χ3n) is 3.06. The molecule has 2 radical (unpaired) electrons. The van der Waals surface area contributed by atoms with Crippen LogP contribution in [0.25, 0.3) is 0 Å². The summed E-state index contributed by atoms with van der Waals surface area (Å²) in [6.45, 7) is 4.83. The Morgan fingerprint density at radius 3 is 1.41 bits per heavy atom. The minimum atomic E-state index is -0.313. The number of hydrogen-bond acceptors (Lipinski definition) is 0. The molecule has 3 rings (SSSR count). The van der Waals surface area contributed by atoms with Gasteiger partial charge in [-0.3, -0.25) is 6.08 Å². The van der Waals surface area contributed by atoms with Crippen LogP contribution in [0.3, 0.4) is 0 Å². The largest absolute Gasteiger partial charge is 5.00 e. The first-order chi connectivity index (χ1) is 10.3. The van der Waals surface area contributed by atoms with Crippen molar-refractivity contribution in [3.8, 4) is 0 Å². The van der Waals surface area contributed by atoms with E-state index in [1.165, 1.54) is 10.6 Å². The van der Waals surface area contributed by atoms with Gasteiger partial charge in [-0.15, -0.1) is 18.8 Å². The molecule has 0 nitrogen and oxygen atoms in total. The molecule has 4 heteroatoms. The minimum Gasteiger partial charge on any atom is -0.358 e. The molecule has 2 aromatic rings. The normalized spacial score (nSPS) is 9.78. The predicted octanol–water partition coefficient (Wildman–Crippen LogP) is 6.90. The average molecular weight is 457 g/mol. The fourth-order valence-electron chi connectivity index (χ4n) is 2.16. The Kier molecular flexibility index (Phi) is 29.9. The molecular weight excluding hydrogens is 423 g/mol. The van der Waals surface area contributed by atoms with E-state index < -0.39 is 0 Å². The number of halogens is 1. The van der Waals surface area contributed by atoms with E-state index in [0.717, 1.165) is 6.42 Å². The molecule has 148 valence electrons. The van der Waals surface area contributed by atoms with Gasteiger partial charge in [-0.25, -0.2) is 12.2 Å². The van der Waals surface area contributed by atoms with Gasteiger partial charge in [0, 0.05) is 0 Å². The van der Waals surface area contributed by atoms with Crippen molar-refractivity contribution in [3.05, 3.63) is 115 Å². The molecular formula is C23H34ClCrPSi. The van der Waals surface area contributed by atoms with Gasteiger partial charge in [0.05, 0.1) is 8.46 Å². The van der Waals surface area contributed by atoms with Crippen LogP contribution in [-0.2, 0) is 17.4 Å². The molecule has 0 aliphatic heterocycles. The SMILES string of the molecule is C[Si](C)P(c1ccccc1)c1ccccc1.Cl.[C-]1=CC=CC1.[CH3-].[CH3-].[CH3-].[CH3-].[Cr+5]. The maximum absolute atomic E-state index is 2.99. The molecule has 0 unspecified atom stereocenters. The summed E-state index contributed by atoms with van der Waals surface area (Å²) in [5, 5.41) is 3.03. The predicted molar refractivity (Wildman–Crippen MR) is 131 cm³/mol. The first-order valence-corrected chi connectivity index (χ1v) is 11.9. The molecule has 0 spiro atoms. The first kappa shape index (κ1) is 37.2. The van der Waals surface area contributed by atoms with Crippen LogP contribution in [0, 0.1) is 35.8 Å². The van der Waals surface area contributed by atoms with E-state index in [9.17, 15) is 0 Å². The van der Waals surface area contributed by atoms with Gasteiger partial charge in [0.1, 0.15) is 0 Å². The summed E-state index contributed by atoms with van der Waals surface area (Å²) in [5.41, 5.74) is 0. The molecule has 0 atom stereocenters. The van der Waals surface area contributed by atoms with Gasteiger partial charge in [0.25, 0.3) is 0 Å². The van der Waals surface area contributed by atoms with E-state index in [4.69, 9.17) is 0 Å². The summed E-state index contributed by atoms with van der Waals surface area (Å²) >= 11 is 0. The molecule has 2 aromatic carbocycles. The summed E-state index contributed by atoms with van der Waals surface area (Å²) < 4.78 is 0. The molecule has 27 heavy (non-hydrogen) atoms. The Labute approximate surface area is 190 Å². The average Bonchev–Trinajstić information content (AvgIpc) is 3.09. The number of benzene rings is 2. The number of hydrogen-bond donors (Lipinski definition) is 0. The molecule has 0 amide bonds. The smallest absolute Gasteiger partial charge is 0.358 e. The van der Waals surface area contributed by atoms with Crippen molar-refractivity contribution in [1.82, 2.24) is 0 Å². The molecule has 0 heterocycles. The van der Waals surface area contributed by atoms with Crippen molar-refractivity contribution in [3.63, 3.8) is 0 Å². The molecule has 0 saturated carbocycles. The van der Waals surface area contributed by atoms with Gasteiger partial charge < -0.3 is 29.7 Å². The number of allylic oxidation sites excluding steroid dienone is 4. The van der Waals surface area contributed by atoms with Gasteiger partial charge in [-0.05, 0) is 10.6 Å². The summed E-state index contributed by atoms with van der Waals surface area (Å²) in [6.07, 6.45) is 10.0. The summed E-state index contributed by atoms with van der Waals surface area (Å²) in [5.74, 6) is 0. The van der Waals surface area contributed by atoms with Gasteiger partial charge in [-0.2, -0.15) is 6.08 Å². The Morgan fingerprint density at radius 1 is 0.778 bits per heavy atom. The Hall–Kier alpha value is -0.611. The van der Waals surface area contributed by atoms with Crippen molar-refractivity contribution < 1.29 is 17.4 Å². The first-order valence-electron chi connectivity index (χ1n) is 7.21. The molecule has 0 aromatic heterocycles. The zero-order chi connectivity index (χ0) is 14.9. The van der Waals surface area contributed by atoms with Crippen LogP contribution in [0.4, 0.5) is 0 Å². The topological polar surface area (TPSA) is 0 Å². The Morgan fingerprint density at radius 2 is 1.19 bits per heavy atom. The van der Waals surface area contributed by atoms with Crippen molar-refractivity contribution in [1.29, 1.82) is 0 Å². The van der Waals surface area contributed by atoms with Crippen LogP contribution in [0.2, 0.25) is 13.1 Å². The number of rotatable bonds is 3. The van der Waals surface area contributed by atoms with E-state index in [0.29, 0.717) is 0 Å². The van der Waals surface area contributed by atoms with E-state index in [1.54, 1.807) is 0 Å². The van der Waals surface area contributed by atoms with Crippen LogP contribution >= 0.6 is 19.9 Å². The fourth-order valence-corrected chi connectivity index (χ4v) is 8.42. The van der Waals surface area contributed by atoms with E-state index in [2.05, 4.69) is 85.9 Å². The van der Waals surface area contributed by atoms with Crippen molar-refractivity contribution in [2.75, 3.05) is 0 Å². The van der Waals surface area contributed by atoms with E-state index in [-0.39, 0.29) is 75.4 Å². The van der Waals surface area contributed by atoms with Gasteiger partial charge in [-0.1, -0.05) is 81.2 Å². The van der Waals surface area contributed by atoms with Gasteiger partial charge in [0.15, 0.2) is 0 Å². The molecule has 1 aliphatic rings. The zero-order valence-corrected chi connectivity index (χ0v) is 21.5. The minimum absolute atomic E-state index is 0. The second-order valence-corrected chi connectivity index (χ2v) is 12.6. The summed E-state index contributed by atoms with van der Waals surface area (Å²) in [7, 11) is -0.421. The monoisotopic (exact) mass is 456 g/mol. The van der Waals surface area contributed by atoms with Crippen LogP contribution in [-0.4, -0.2) is 8.46 Å². The zero-order valence-electron chi connectivity index (χ0n) is 17.5. The van der Waals surface area contributed by atoms with E-state index >= 15 is 0 Å². The maximum atomic E-state index is 2.99. The van der Waals surface area contributed by atoms with Crippen molar-refractivity contribution in [2.24, 2.45) is 0 Å². The molecule has 0 bridgehead atoms. The van der Waals surface area contributed by atoms with E-state index in [1.807, 2.05) is 12.2 Å². The fraction of sp³-hybridized carbons (Fsp3) is 0.130. The van der Waals surface area contributed by atoms with Crippen LogP contribution in [0.5, 0.6) is 0 Å². The quantitative estimate of drug-likeness (QED) is 0.268. The van der Waals surface area contributed by atoms with Crippen molar-refractivity contribution >= 4 is 38.9 Å². The molecule has 0 N–H and O–H groups in total. The second kappa shape index (κ2) is 21.7. The van der Waals surface area contributed by atoms with Crippen LogP contribution < -0.4 is 10.6 Å².